The second-order valence-electron chi connectivity index (χ2n) is 13.0. The van der Waals surface area contributed by atoms with Crippen LogP contribution in [0.1, 0.15) is 70.8 Å². The van der Waals surface area contributed by atoms with E-state index in [9.17, 15) is 19.2 Å². The Morgan fingerprint density at radius 2 is 1.57 bits per heavy atom. The molecule has 3 fully saturated rings. The number of fused-ring (bicyclic) bond motifs is 2. The van der Waals surface area contributed by atoms with Crippen molar-refractivity contribution in [1.29, 1.82) is 0 Å². The smallest absolute Gasteiger partial charge is 0.262 e. The summed E-state index contributed by atoms with van der Waals surface area (Å²) in [6.07, 6.45) is 7.99. The summed E-state index contributed by atoms with van der Waals surface area (Å²) in [5, 5.41) is 8.30. The van der Waals surface area contributed by atoms with Gasteiger partial charge in [0.1, 0.15) is 18.1 Å². The molecule has 2 aromatic heterocycles. The summed E-state index contributed by atoms with van der Waals surface area (Å²) in [6, 6.07) is 15.4. The van der Waals surface area contributed by atoms with Crippen molar-refractivity contribution in [3.05, 3.63) is 77.7 Å². The summed E-state index contributed by atoms with van der Waals surface area (Å²) in [7, 11) is 0. The molecular weight excluding hydrogens is 596 g/mol. The fourth-order valence-corrected chi connectivity index (χ4v) is 7.86. The summed E-state index contributed by atoms with van der Waals surface area (Å²) in [6.45, 7) is 4.17. The number of piperidine rings is 1. The van der Waals surface area contributed by atoms with Gasteiger partial charge in [-0.15, -0.1) is 0 Å². The Morgan fingerprint density at radius 1 is 0.809 bits per heavy atom. The minimum absolute atomic E-state index is 0.104. The lowest BCUT2D eigenvalue weighted by molar-refractivity contribution is -0.136. The van der Waals surface area contributed by atoms with E-state index in [2.05, 4.69) is 41.9 Å². The van der Waals surface area contributed by atoms with Crippen molar-refractivity contribution in [1.82, 2.24) is 39.8 Å². The number of nitrogens with one attached hydrogen (secondary N) is 1. The largest absolute Gasteiger partial charge is 0.298 e. The van der Waals surface area contributed by atoms with Crippen molar-refractivity contribution in [3.8, 4) is 11.3 Å². The maximum Gasteiger partial charge on any atom is 0.262 e. The van der Waals surface area contributed by atoms with E-state index in [4.69, 9.17) is 5.10 Å². The molecule has 1 aliphatic carbocycles. The molecule has 47 heavy (non-hydrogen) atoms. The van der Waals surface area contributed by atoms with E-state index < -0.39 is 23.8 Å². The molecule has 240 valence electrons. The first kappa shape index (κ1) is 29.6. The Balaban J connectivity index is 0.895. The molecule has 1 saturated carbocycles. The highest BCUT2D eigenvalue weighted by Gasteiger charge is 2.45. The van der Waals surface area contributed by atoms with Crippen LogP contribution in [0.4, 0.5) is 0 Å². The Kier molecular flexibility index (Phi) is 7.61. The van der Waals surface area contributed by atoms with Gasteiger partial charge in [-0.2, -0.15) is 5.10 Å². The first-order valence-electron chi connectivity index (χ1n) is 16.5. The van der Waals surface area contributed by atoms with Gasteiger partial charge in [-0.25, -0.2) is 14.6 Å². The standard InChI is InChI=1S/C35H36N8O4/c44-29-14-13-28(33(45)38-29)42-34(46)26-8-4-7-23(30(26)35(42)47)20-40-15-17-41(18-16-40)24-9-11-25(12-10-24)43-32-27(19-36-21-37-32)31(39-43)22-5-2-1-3-6-22/h1-8,19,21,24-25,28H,9-18,20H2,(H,38,44,45). The molecule has 1 N–H and O–H groups in total. The lowest BCUT2D eigenvalue weighted by Gasteiger charge is -2.42. The quantitative estimate of drug-likeness (QED) is 0.318. The molecule has 2 saturated heterocycles. The summed E-state index contributed by atoms with van der Waals surface area (Å²) < 4.78 is 2.12. The number of benzene rings is 2. The van der Waals surface area contributed by atoms with Crippen LogP contribution in [-0.2, 0) is 16.1 Å². The van der Waals surface area contributed by atoms with Crippen molar-refractivity contribution in [2.24, 2.45) is 0 Å². The van der Waals surface area contributed by atoms with Crippen molar-refractivity contribution >= 4 is 34.7 Å². The molecule has 8 rings (SSSR count). The molecule has 0 bridgehead atoms. The molecule has 5 heterocycles. The van der Waals surface area contributed by atoms with E-state index >= 15 is 0 Å². The number of imide groups is 2. The predicted molar refractivity (Wildman–Crippen MR) is 172 cm³/mol. The van der Waals surface area contributed by atoms with E-state index in [0.29, 0.717) is 29.8 Å². The topological polar surface area (TPSA) is 134 Å². The normalized spacial score (nSPS) is 24.2. The number of rotatable bonds is 6. The maximum absolute atomic E-state index is 13.5. The third-order valence-electron chi connectivity index (χ3n) is 10.3. The van der Waals surface area contributed by atoms with E-state index in [-0.39, 0.29) is 18.7 Å². The van der Waals surface area contributed by atoms with Crippen LogP contribution in [0.5, 0.6) is 0 Å². The minimum Gasteiger partial charge on any atom is -0.298 e. The molecule has 4 amide bonds. The number of hydrogen-bond donors (Lipinski definition) is 1. The van der Waals surface area contributed by atoms with E-state index in [1.54, 1.807) is 18.5 Å². The summed E-state index contributed by atoms with van der Waals surface area (Å²) in [5.74, 6) is -1.88. The second-order valence-corrected chi connectivity index (χ2v) is 13.0. The van der Waals surface area contributed by atoms with Crippen molar-refractivity contribution in [3.63, 3.8) is 0 Å². The Labute approximate surface area is 271 Å². The van der Waals surface area contributed by atoms with Crippen molar-refractivity contribution in [2.45, 2.75) is 63.2 Å². The maximum atomic E-state index is 13.5. The van der Waals surface area contributed by atoms with Gasteiger partial charge in [-0.1, -0.05) is 42.5 Å². The zero-order valence-corrected chi connectivity index (χ0v) is 26.0. The average molecular weight is 633 g/mol. The third-order valence-corrected chi connectivity index (χ3v) is 10.3. The zero-order valence-electron chi connectivity index (χ0n) is 26.0. The van der Waals surface area contributed by atoms with Crippen LogP contribution in [-0.4, -0.2) is 96.3 Å². The predicted octanol–water partition coefficient (Wildman–Crippen LogP) is 3.20. The molecule has 0 spiro atoms. The first-order chi connectivity index (χ1) is 23.0. The molecule has 4 aliphatic rings. The zero-order chi connectivity index (χ0) is 32.1. The van der Waals surface area contributed by atoms with Crippen LogP contribution < -0.4 is 5.32 Å². The number of carbonyl (C=O) groups excluding carboxylic acids is 4. The first-order valence-corrected chi connectivity index (χ1v) is 16.5. The molecule has 2 aromatic carbocycles. The van der Waals surface area contributed by atoms with Gasteiger partial charge in [0.2, 0.25) is 11.8 Å². The molecule has 4 aromatic rings. The summed E-state index contributed by atoms with van der Waals surface area (Å²) in [4.78, 5) is 65.8. The SMILES string of the molecule is O=C1CCC(N2C(=O)c3cccc(CN4CCN(C5CCC(n6nc(-c7ccccc7)c7cncnc76)CC5)CC4)c3C2=O)C(=O)N1. The molecule has 12 nitrogen and oxygen atoms in total. The number of nitrogens with zero attached hydrogens (tertiary/aromatic N) is 7. The third kappa shape index (κ3) is 5.31. The van der Waals surface area contributed by atoms with Gasteiger partial charge in [0.05, 0.1) is 22.6 Å². The minimum atomic E-state index is -0.960. The molecular formula is C35H36N8O4. The summed E-state index contributed by atoms with van der Waals surface area (Å²) >= 11 is 0. The number of hydrogen-bond acceptors (Lipinski definition) is 9. The number of amides is 4. The van der Waals surface area contributed by atoms with Crippen LogP contribution in [0.15, 0.2) is 61.1 Å². The lowest BCUT2D eigenvalue weighted by Crippen LogP contribution is -2.54. The molecule has 3 aliphatic heterocycles. The van der Waals surface area contributed by atoms with Gasteiger partial charge >= 0.3 is 0 Å². The lowest BCUT2D eigenvalue weighted by atomic mass is 9.90. The second kappa shape index (κ2) is 12.1. The van der Waals surface area contributed by atoms with Crippen LogP contribution in [0, 0.1) is 0 Å². The molecule has 1 unspecified atom stereocenters. The van der Waals surface area contributed by atoms with E-state index in [1.807, 2.05) is 30.5 Å². The number of piperazine rings is 1. The van der Waals surface area contributed by atoms with E-state index in [1.165, 1.54) is 0 Å². The van der Waals surface area contributed by atoms with Crippen LogP contribution >= 0.6 is 0 Å². The van der Waals surface area contributed by atoms with Gasteiger partial charge in [-0.05, 0) is 43.7 Å². The fraction of sp³-hybridized carbons (Fsp3) is 0.400. The van der Waals surface area contributed by atoms with Crippen molar-refractivity contribution < 1.29 is 19.2 Å². The number of carbonyl (C=O) groups is 4. The molecule has 1 atom stereocenters. The monoisotopic (exact) mass is 632 g/mol. The fourth-order valence-electron chi connectivity index (χ4n) is 7.86. The van der Waals surface area contributed by atoms with Crippen molar-refractivity contribution in [2.75, 3.05) is 26.2 Å². The Hall–Kier alpha value is -4.81. The molecule has 0 radical (unpaired) electrons. The van der Waals surface area contributed by atoms with Gasteiger partial charge in [0.25, 0.3) is 11.8 Å². The van der Waals surface area contributed by atoms with Gasteiger partial charge in [-0.3, -0.25) is 39.2 Å². The van der Waals surface area contributed by atoms with E-state index in [0.717, 1.165) is 84.6 Å². The summed E-state index contributed by atoms with van der Waals surface area (Å²) in [5.41, 5.74) is 4.41. The van der Waals surface area contributed by atoms with Gasteiger partial charge in [0.15, 0.2) is 5.65 Å². The Morgan fingerprint density at radius 3 is 2.34 bits per heavy atom. The Bertz CT molecular complexity index is 1870. The molecule has 12 heteroatoms. The van der Waals surface area contributed by atoms with Crippen LogP contribution in [0.3, 0.4) is 0 Å². The van der Waals surface area contributed by atoms with Gasteiger partial charge in [0, 0.05) is 56.9 Å². The average Bonchev–Trinajstić information content (AvgIpc) is 3.61. The van der Waals surface area contributed by atoms with Crippen LogP contribution in [0.25, 0.3) is 22.3 Å². The number of aromatic nitrogens is 4. The van der Waals surface area contributed by atoms with Crippen LogP contribution in [0.2, 0.25) is 0 Å². The van der Waals surface area contributed by atoms with Gasteiger partial charge < -0.3 is 0 Å². The highest BCUT2D eigenvalue weighted by Crippen LogP contribution is 2.36. The highest BCUT2D eigenvalue weighted by atomic mass is 16.2. The highest BCUT2D eigenvalue weighted by molar-refractivity contribution is 6.24.